The lowest BCUT2D eigenvalue weighted by Gasteiger charge is -2.05. The van der Waals surface area contributed by atoms with Crippen LogP contribution in [0, 0.1) is 0 Å². The van der Waals surface area contributed by atoms with Gasteiger partial charge in [0, 0.05) is 0 Å². The van der Waals surface area contributed by atoms with Gasteiger partial charge < -0.3 is 5.73 Å². The second-order valence-corrected chi connectivity index (χ2v) is 3.28. The monoisotopic (exact) mass is 164 g/mol. The molecule has 2 N–H and O–H groups in total. The number of hydrogen-bond donors (Lipinski definition) is 1. The van der Waals surface area contributed by atoms with Crippen molar-refractivity contribution in [2.45, 2.75) is 31.7 Å². The summed E-state index contributed by atoms with van der Waals surface area (Å²) in [4.78, 5) is 4.33. The van der Waals surface area contributed by atoms with Gasteiger partial charge in [0.25, 0.3) is 0 Å². The van der Waals surface area contributed by atoms with Crippen LogP contribution in [0.15, 0.2) is 6.20 Å². The van der Waals surface area contributed by atoms with Crippen molar-refractivity contribution in [3.05, 3.63) is 17.7 Å². The molecular formula is C8H12N4. The van der Waals surface area contributed by atoms with Crippen LogP contribution in [0.4, 0.5) is 0 Å². The molecular weight excluding hydrogens is 152 g/mol. The second kappa shape index (κ2) is 2.48. The predicted molar refractivity (Wildman–Crippen MR) is 44.3 cm³/mol. The SMILES string of the molecule is CCc1cnnc(C2(N)CC2)n1. The lowest BCUT2D eigenvalue weighted by molar-refractivity contribution is 0.639. The number of hydrogen-bond acceptors (Lipinski definition) is 4. The highest BCUT2D eigenvalue weighted by Crippen LogP contribution is 2.40. The van der Waals surface area contributed by atoms with Gasteiger partial charge in [-0.1, -0.05) is 6.92 Å². The van der Waals surface area contributed by atoms with E-state index in [9.17, 15) is 0 Å². The highest BCUT2D eigenvalue weighted by Gasteiger charge is 2.43. The van der Waals surface area contributed by atoms with Crippen LogP contribution in [0.2, 0.25) is 0 Å². The molecule has 0 saturated heterocycles. The average molecular weight is 164 g/mol. The van der Waals surface area contributed by atoms with Crippen LogP contribution in [-0.4, -0.2) is 15.2 Å². The number of aryl methyl sites for hydroxylation is 1. The minimum absolute atomic E-state index is 0.252. The Morgan fingerprint density at radius 3 is 2.92 bits per heavy atom. The van der Waals surface area contributed by atoms with E-state index in [4.69, 9.17) is 5.73 Å². The topological polar surface area (TPSA) is 64.7 Å². The number of nitrogens with two attached hydrogens (primary N) is 1. The molecule has 1 aromatic rings. The zero-order valence-corrected chi connectivity index (χ0v) is 7.12. The maximum Gasteiger partial charge on any atom is 0.171 e. The van der Waals surface area contributed by atoms with Crippen molar-refractivity contribution in [2.75, 3.05) is 0 Å². The fourth-order valence-electron chi connectivity index (χ4n) is 1.08. The van der Waals surface area contributed by atoms with Gasteiger partial charge in [0.15, 0.2) is 5.82 Å². The van der Waals surface area contributed by atoms with Crippen molar-refractivity contribution in [3.63, 3.8) is 0 Å². The fraction of sp³-hybridized carbons (Fsp3) is 0.625. The summed E-state index contributed by atoms with van der Waals surface area (Å²) in [5.41, 5.74) is 6.64. The van der Waals surface area contributed by atoms with E-state index in [-0.39, 0.29) is 5.54 Å². The molecule has 1 aliphatic carbocycles. The van der Waals surface area contributed by atoms with Gasteiger partial charge in [0.1, 0.15) is 0 Å². The van der Waals surface area contributed by atoms with Crippen LogP contribution in [0.1, 0.15) is 31.3 Å². The maximum atomic E-state index is 5.93. The molecule has 1 fully saturated rings. The van der Waals surface area contributed by atoms with E-state index in [1.165, 1.54) is 0 Å². The molecule has 1 saturated carbocycles. The molecule has 1 aromatic heterocycles. The van der Waals surface area contributed by atoms with E-state index in [1.807, 2.05) is 6.92 Å². The number of rotatable bonds is 2. The molecule has 4 heteroatoms. The zero-order valence-electron chi connectivity index (χ0n) is 7.12. The standard InChI is InChI=1S/C8H12N4/c1-2-6-5-10-12-7(11-6)8(9)3-4-8/h5H,2-4,9H2,1H3. The lowest BCUT2D eigenvalue weighted by atomic mass is 10.2. The van der Waals surface area contributed by atoms with Crippen LogP contribution < -0.4 is 5.73 Å². The van der Waals surface area contributed by atoms with Gasteiger partial charge in [-0.3, -0.25) is 0 Å². The first-order valence-electron chi connectivity index (χ1n) is 4.22. The van der Waals surface area contributed by atoms with Gasteiger partial charge in [-0.25, -0.2) is 4.98 Å². The third-order valence-electron chi connectivity index (χ3n) is 2.20. The first-order chi connectivity index (χ1) is 5.74. The highest BCUT2D eigenvalue weighted by molar-refractivity contribution is 5.14. The maximum absolute atomic E-state index is 5.93. The third-order valence-corrected chi connectivity index (χ3v) is 2.20. The second-order valence-electron chi connectivity index (χ2n) is 3.28. The third kappa shape index (κ3) is 1.18. The highest BCUT2D eigenvalue weighted by atomic mass is 15.2. The molecule has 0 unspecified atom stereocenters. The van der Waals surface area contributed by atoms with Crippen molar-refractivity contribution in [3.8, 4) is 0 Å². The van der Waals surface area contributed by atoms with Gasteiger partial charge in [-0.05, 0) is 19.3 Å². The molecule has 64 valence electrons. The van der Waals surface area contributed by atoms with Crippen molar-refractivity contribution >= 4 is 0 Å². The number of nitrogens with zero attached hydrogens (tertiary/aromatic N) is 3. The van der Waals surface area contributed by atoms with Crippen molar-refractivity contribution in [1.29, 1.82) is 0 Å². The molecule has 0 aromatic carbocycles. The molecule has 1 heterocycles. The minimum atomic E-state index is -0.252. The Balaban J connectivity index is 2.32. The van der Waals surface area contributed by atoms with E-state index in [1.54, 1.807) is 6.20 Å². The Bertz CT molecular complexity index is 293. The van der Waals surface area contributed by atoms with Crippen LogP contribution in [-0.2, 0) is 12.0 Å². The fourth-order valence-corrected chi connectivity index (χ4v) is 1.08. The average Bonchev–Trinajstić information content (AvgIpc) is 2.85. The van der Waals surface area contributed by atoms with E-state index >= 15 is 0 Å². The van der Waals surface area contributed by atoms with Crippen molar-refractivity contribution in [2.24, 2.45) is 5.73 Å². The molecule has 0 atom stereocenters. The number of aromatic nitrogens is 3. The summed E-state index contributed by atoms with van der Waals surface area (Å²) in [6.45, 7) is 2.05. The minimum Gasteiger partial charge on any atom is -0.319 e. The van der Waals surface area contributed by atoms with Crippen LogP contribution >= 0.6 is 0 Å². The molecule has 0 amide bonds. The molecule has 0 radical (unpaired) electrons. The van der Waals surface area contributed by atoms with Gasteiger partial charge >= 0.3 is 0 Å². The Kier molecular flexibility index (Phi) is 1.58. The molecule has 0 bridgehead atoms. The summed E-state index contributed by atoms with van der Waals surface area (Å²) >= 11 is 0. The summed E-state index contributed by atoms with van der Waals surface area (Å²) in [6.07, 6.45) is 4.55. The van der Waals surface area contributed by atoms with Crippen LogP contribution in [0.3, 0.4) is 0 Å². The molecule has 0 aliphatic heterocycles. The van der Waals surface area contributed by atoms with Crippen molar-refractivity contribution in [1.82, 2.24) is 15.2 Å². The molecule has 1 aliphatic rings. The Hall–Kier alpha value is -1.03. The summed E-state index contributed by atoms with van der Waals surface area (Å²) in [6, 6.07) is 0. The van der Waals surface area contributed by atoms with Gasteiger partial charge in [0.05, 0.1) is 17.4 Å². The van der Waals surface area contributed by atoms with Gasteiger partial charge in [-0.15, -0.1) is 5.10 Å². The molecule has 12 heavy (non-hydrogen) atoms. The Labute approximate surface area is 71.2 Å². The summed E-state index contributed by atoms with van der Waals surface area (Å²) in [7, 11) is 0. The summed E-state index contributed by atoms with van der Waals surface area (Å²) in [5, 5.41) is 7.80. The van der Waals surface area contributed by atoms with Crippen LogP contribution in [0.5, 0.6) is 0 Å². The smallest absolute Gasteiger partial charge is 0.171 e. The normalized spacial score (nSPS) is 19.2. The van der Waals surface area contributed by atoms with E-state index < -0.39 is 0 Å². The lowest BCUT2D eigenvalue weighted by Crippen LogP contribution is -2.23. The molecule has 0 spiro atoms. The summed E-state index contributed by atoms with van der Waals surface area (Å²) < 4.78 is 0. The quantitative estimate of drug-likeness (QED) is 0.686. The first-order valence-corrected chi connectivity index (χ1v) is 4.22. The summed E-state index contributed by atoms with van der Waals surface area (Å²) in [5.74, 6) is 0.710. The Morgan fingerprint density at radius 1 is 1.58 bits per heavy atom. The molecule has 2 rings (SSSR count). The van der Waals surface area contributed by atoms with E-state index in [0.717, 1.165) is 25.0 Å². The van der Waals surface area contributed by atoms with E-state index in [0.29, 0.717) is 5.82 Å². The zero-order chi connectivity index (χ0) is 8.60. The van der Waals surface area contributed by atoms with E-state index in [2.05, 4.69) is 15.2 Å². The van der Waals surface area contributed by atoms with Crippen LogP contribution in [0.25, 0.3) is 0 Å². The van der Waals surface area contributed by atoms with Gasteiger partial charge in [-0.2, -0.15) is 5.10 Å². The van der Waals surface area contributed by atoms with Crippen molar-refractivity contribution < 1.29 is 0 Å². The predicted octanol–water partition coefficient (Wildman–Crippen LogP) is 0.382. The molecule has 4 nitrogen and oxygen atoms in total. The van der Waals surface area contributed by atoms with Gasteiger partial charge in [0.2, 0.25) is 0 Å². The largest absolute Gasteiger partial charge is 0.319 e. The Morgan fingerprint density at radius 2 is 2.33 bits per heavy atom. The first kappa shape index (κ1) is 7.61.